The number of hydrogen-bond acceptors (Lipinski definition) is 4. The maximum Gasteiger partial charge on any atom is 0.251 e. The highest BCUT2D eigenvalue weighted by atomic mass is 32.1. The van der Waals surface area contributed by atoms with Crippen molar-refractivity contribution in [2.24, 2.45) is 5.73 Å². The molecule has 5 nitrogen and oxygen atoms in total. The van der Waals surface area contributed by atoms with Crippen molar-refractivity contribution < 1.29 is 18.7 Å². The molecule has 3 rings (SSSR count). The molecule has 0 radical (unpaired) electrons. The van der Waals surface area contributed by atoms with Crippen LogP contribution in [-0.4, -0.2) is 18.9 Å². The van der Waals surface area contributed by atoms with Crippen LogP contribution in [-0.2, 0) is 24.1 Å². The van der Waals surface area contributed by atoms with E-state index in [9.17, 15) is 14.0 Å². The van der Waals surface area contributed by atoms with Gasteiger partial charge in [-0.05, 0) is 48.1 Å². The minimum Gasteiger partial charge on any atom is -0.494 e. The summed E-state index contributed by atoms with van der Waals surface area (Å²) in [6.07, 6.45) is 2.68. The number of amides is 2. The Hall–Kier alpha value is -2.41. The predicted molar refractivity (Wildman–Crippen MR) is 94.9 cm³/mol. The molecule has 7 heteroatoms. The number of carbonyl (C=O) groups is 2. The summed E-state index contributed by atoms with van der Waals surface area (Å²) in [5, 5.41) is 3.19. The highest BCUT2D eigenvalue weighted by Crippen LogP contribution is 2.38. The molecule has 0 fully saturated rings. The van der Waals surface area contributed by atoms with Crippen molar-refractivity contribution in [2.75, 3.05) is 12.4 Å². The van der Waals surface area contributed by atoms with Crippen LogP contribution in [0.3, 0.4) is 0 Å². The van der Waals surface area contributed by atoms with Crippen LogP contribution in [0.5, 0.6) is 5.75 Å². The van der Waals surface area contributed by atoms with Gasteiger partial charge in [-0.2, -0.15) is 0 Å². The number of carbonyl (C=O) groups excluding carboxylic acids is 2. The molecule has 1 heterocycles. The van der Waals surface area contributed by atoms with Crippen molar-refractivity contribution in [1.82, 2.24) is 0 Å². The van der Waals surface area contributed by atoms with Gasteiger partial charge >= 0.3 is 0 Å². The van der Waals surface area contributed by atoms with Crippen molar-refractivity contribution in [1.29, 1.82) is 0 Å². The van der Waals surface area contributed by atoms with Gasteiger partial charge in [-0.3, -0.25) is 9.59 Å². The molecule has 0 saturated carbocycles. The lowest BCUT2D eigenvalue weighted by molar-refractivity contribution is -0.114. The lowest BCUT2D eigenvalue weighted by Gasteiger charge is -2.16. The van der Waals surface area contributed by atoms with E-state index in [-0.39, 0.29) is 17.5 Å². The van der Waals surface area contributed by atoms with E-state index in [2.05, 4.69) is 5.32 Å². The fourth-order valence-corrected chi connectivity index (χ4v) is 4.57. The van der Waals surface area contributed by atoms with Crippen LogP contribution in [0.15, 0.2) is 12.1 Å². The average Bonchev–Trinajstić information content (AvgIpc) is 2.83. The maximum atomic E-state index is 14.0. The minimum absolute atomic E-state index is 0.203. The smallest absolute Gasteiger partial charge is 0.251 e. The number of ether oxygens (including phenoxy) is 1. The van der Waals surface area contributed by atoms with E-state index in [0.717, 1.165) is 28.0 Å². The zero-order valence-electron chi connectivity index (χ0n) is 14.1. The third-order valence-electron chi connectivity index (χ3n) is 4.32. The first-order valence-electron chi connectivity index (χ1n) is 7.98. The third kappa shape index (κ3) is 3.37. The Morgan fingerprint density at radius 2 is 2.04 bits per heavy atom. The molecule has 0 atom stereocenters. The summed E-state index contributed by atoms with van der Waals surface area (Å²) >= 11 is 1.36. The summed E-state index contributed by atoms with van der Waals surface area (Å²) in [6, 6.07) is 3.23. The van der Waals surface area contributed by atoms with E-state index in [1.54, 1.807) is 6.07 Å². The predicted octanol–water partition coefficient (Wildman–Crippen LogP) is 3.03. The first-order valence-corrected chi connectivity index (χ1v) is 8.79. The van der Waals surface area contributed by atoms with E-state index < -0.39 is 5.91 Å². The molecule has 0 saturated heterocycles. The summed E-state index contributed by atoms with van der Waals surface area (Å²) < 4.78 is 19.1. The van der Waals surface area contributed by atoms with Crippen molar-refractivity contribution in [2.45, 2.75) is 32.6 Å². The molecule has 132 valence electrons. The van der Waals surface area contributed by atoms with E-state index in [1.807, 2.05) is 0 Å². The standard InChI is InChI=1S/C18H19FN2O3S/c1-9(22)21-18-16(17(20)23)12-5-3-4-10-6-13(19)14(24-2)7-11(10)8-15(12)25-18/h6-7H,3-5,8H2,1-2H3,(H2,20,23)(H,21,22). The molecule has 2 amide bonds. The van der Waals surface area contributed by atoms with E-state index in [4.69, 9.17) is 10.5 Å². The molecule has 1 aliphatic rings. The van der Waals surface area contributed by atoms with Crippen LogP contribution in [0.2, 0.25) is 0 Å². The first kappa shape index (κ1) is 17.4. The second kappa shape index (κ2) is 6.84. The lowest BCUT2D eigenvalue weighted by atomic mass is 9.91. The highest BCUT2D eigenvalue weighted by Gasteiger charge is 2.25. The fourth-order valence-electron chi connectivity index (χ4n) is 3.25. The van der Waals surface area contributed by atoms with Gasteiger partial charge in [0.1, 0.15) is 5.00 Å². The molecule has 1 aliphatic carbocycles. The van der Waals surface area contributed by atoms with Crippen LogP contribution < -0.4 is 15.8 Å². The number of nitrogens with one attached hydrogen (secondary N) is 1. The fraction of sp³-hybridized carbons (Fsp3) is 0.333. The van der Waals surface area contributed by atoms with Gasteiger partial charge in [0.2, 0.25) is 5.91 Å². The quantitative estimate of drug-likeness (QED) is 0.881. The molecule has 1 aromatic heterocycles. The number of thiophene rings is 1. The number of aryl methyl sites for hydroxylation is 1. The van der Waals surface area contributed by atoms with Crippen LogP contribution in [0.4, 0.5) is 9.39 Å². The summed E-state index contributed by atoms with van der Waals surface area (Å²) in [7, 11) is 1.43. The Morgan fingerprint density at radius 1 is 1.28 bits per heavy atom. The first-order chi connectivity index (χ1) is 11.9. The Bertz CT molecular complexity index is 860. The van der Waals surface area contributed by atoms with E-state index >= 15 is 0 Å². The molecule has 0 aliphatic heterocycles. The molecule has 25 heavy (non-hydrogen) atoms. The van der Waals surface area contributed by atoms with Gasteiger partial charge in [-0.1, -0.05) is 0 Å². The Kier molecular flexibility index (Phi) is 4.76. The molecule has 1 aromatic carbocycles. The molecule has 0 spiro atoms. The van der Waals surface area contributed by atoms with Gasteiger partial charge in [-0.15, -0.1) is 11.3 Å². The number of primary amides is 1. The number of rotatable bonds is 3. The monoisotopic (exact) mass is 362 g/mol. The maximum absolute atomic E-state index is 14.0. The zero-order chi connectivity index (χ0) is 18.1. The number of halogens is 1. The van der Waals surface area contributed by atoms with Crippen molar-refractivity contribution in [3.05, 3.63) is 45.1 Å². The van der Waals surface area contributed by atoms with Crippen LogP contribution in [0.1, 0.15) is 45.3 Å². The van der Waals surface area contributed by atoms with E-state index in [1.165, 1.54) is 31.4 Å². The van der Waals surface area contributed by atoms with Gasteiger partial charge in [0.25, 0.3) is 5.91 Å². The van der Waals surface area contributed by atoms with E-state index in [0.29, 0.717) is 29.8 Å². The molecule has 2 aromatic rings. The summed E-state index contributed by atoms with van der Waals surface area (Å²) in [6.45, 7) is 1.39. The second-order valence-corrected chi connectivity index (χ2v) is 7.14. The van der Waals surface area contributed by atoms with Crippen LogP contribution in [0, 0.1) is 5.82 Å². The summed E-state index contributed by atoms with van der Waals surface area (Å²) in [5.74, 6) is -0.959. The Balaban J connectivity index is 2.10. The average molecular weight is 362 g/mol. The lowest BCUT2D eigenvalue weighted by Crippen LogP contribution is -2.17. The zero-order valence-corrected chi connectivity index (χ0v) is 14.9. The number of benzene rings is 1. The molecule has 0 unspecified atom stereocenters. The number of methoxy groups -OCH3 is 1. The van der Waals surface area contributed by atoms with Gasteiger partial charge in [0.05, 0.1) is 12.7 Å². The number of fused-ring (bicyclic) bond motifs is 2. The summed E-state index contributed by atoms with van der Waals surface area (Å²) in [4.78, 5) is 24.3. The SMILES string of the molecule is COc1cc2c(cc1F)CCCc1c(sc(NC(C)=O)c1C(N)=O)C2. The molecular weight excluding hydrogens is 343 g/mol. The summed E-state index contributed by atoms with van der Waals surface area (Å²) in [5.41, 5.74) is 8.74. The van der Waals surface area contributed by atoms with Crippen molar-refractivity contribution in [3.8, 4) is 5.75 Å². The normalized spacial score (nSPS) is 13.2. The van der Waals surface area contributed by atoms with Crippen LogP contribution in [0.25, 0.3) is 0 Å². The Labute approximate surface area is 149 Å². The number of anilines is 1. The van der Waals surface area contributed by atoms with Crippen LogP contribution >= 0.6 is 11.3 Å². The Morgan fingerprint density at radius 3 is 2.68 bits per heavy atom. The highest BCUT2D eigenvalue weighted by molar-refractivity contribution is 7.17. The molecule has 3 N–H and O–H groups in total. The van der Waals surface area contributed by atoms with Gasteiger partial charge in [-0.25, -0.2) is 4.39 Å². The number of nitrogens with two attached hydrogens (primary N) is 1. The second-order valence-electron chi connectivity index (χ2n) is 6.04. The molecular formula is C18H19FN2O3S. The topological polar surface area (TPSA) is 81.4 Å². The van der Waals surface area contributed by atoms with Crippen molar-refractivity contribution in [3.63, 3.8) is 0 Å². The number of hydrogen-bond donors (Lipinski definition) is 2. The molecule has 0 bridgehead atoms. The van der Waals surface area contributed by atoms with Gasteiger partial charge in [0, 0.05) is 18.2 Å². The van der Waals surface area contributed by atoms with Gasteiger partial charge in [0.15, 0.2) is 11.6 Å². The third-order valence-corrected chi connectivity index (χ3v) is 5.47. The van der Waals surface area contributed by atoms with Crippen molar-refractivity contribution >= 4 is 28.2 Å². The van der Waals surface area contributed by atoms with Gasteiger partial charge < -0.3 is 15.8 Å². The minimum atomic E-state index is -0.543. The largest absolute Gasteiger partial charge is 0.494 e.